The molecule has 0 aliphatic rings. The first kappa shape index (κ1) is 17.1. The minimum Gasteiger partial charge on any atom is -0.481 e. The van der Waals surface area contributed by atoms with Crippen LogP contribution >= 0.6 is 23.2 Å². The SMILES string of the molecule is C[C@@H](Oc1ccc(Cl)cc1)C(=O)NNC(=O)c1cccc(Cl)c1. The quantitative estimate of drug-likeness (QED) is 0.830. The smallest absolute Gasteiger partial charge is 0.279 e. The Bertz CT molecular complexity index is 705. The highest BCUT2D eigenvalue weighted by molar-refractivity contribution is 6.31. The third-order valence-corrected chi connectivity index (χ3v) is 3.37. The largest absolute Gasteiger partial charge is 0.481 e. The number of hydrogen-bond donors (Lipinski definition) is 2. The van der Waals surface area contributed by atoms with Crippen molar-refractivity contribution in [1.82, 2.24) is 10.9 Å². The molecular formula is C16H14Cl2N2O3. The van der Waals surface area contributed by atoms with E-state index in [1.165, 1.54) is 6.07 Å². The number of carbonyl (C=O) groups excluding carboxylic acids is 2. The second-order valence-corrected chi connectivity index (χ2v) is 5.54. The highest BCUT2D eigenvalue weighted by Crippen LogP contribution is 2.16. The zero-order valence-electron chi connectivity index (χ0n) is 12.2. The summed E-state index contributed by atoms with van der Waals surface area (Å²) in [6.07, 6.45) is -0.796. The van der Waals surface area contributed by atoms with E-state index in [1.54, 1.807) is 49.4 Å². The van der Waals surface area contributed by atoms with Crippen molar-refractivity contribution in [3.63, 3.8) is 0 Å². The van der Waals surface area contributed by atoms with Gasteiger partial charge in [0.2, 0.25) is 0 Å². The molecule has 0 fully saturated rings. The average Bonchev–Trinajstić information content (AvgIpc) is 2.54. The Balaban J connectivity index is 1.86. The maximum absolute atomic E-state index is 11.9. The number of hydrazine groups is 1. The van der Waals surface area contributed by atoms with Gasteiger partial charge in [-0.3, -0.25) is 20.4 Å². The molecule has 0 radical (unpaired) electrons. The van der Waals surface area contributed by atoms with E-state index in [9.17, 15) is 9.59 Å². The van der Waals surface area contributed by atoms with Gasteiger partial charge in [0.25, 0.3) is 11.8 Å². The summed E-state index contributed by atoms with van der Waals surface area (Å²) in [4.78, 5) is 23.8. The molecule has 120 valence electrons. The van der Waals surface area contributed by atoms with Crippen LogP contribution in [0.25, 0.3) is 0 Å². The van der Waals surface area contributed by atoms with Gasteiger partial charge in [-0.25, -0.2) is 0 Å². The molecule has 0 saturated carbocycles. The molecule has 2 amide bonds. The first-order valence-electron chi connectivity index (χ1n) is 6.73. The van der Waals surface area contributed by atoms with Crippen LogP contribution in [-0.4, -0.2) is 17.9 Å². The molecule has 2 aromatic carbocycles. The normalized spacial score (nSPS) is 11.4. The Labute approximate surface area is 143 Å². The molecule has 0 aromatic heterocycles. The van der Waals surface area contributed by atoms with Crippen molar-refractivity contribution >= 4 is 35.0 Å². The Morgan fingerprint density at radius 1 is 1.00 bits per heavy atom. The number of carbonyl (C=O) groups is 2. The van der Waals surface area contributed by atoms with Crippen LogP contribution in [-0.2, 0) is 4.79 Å². The standard InChI is InChI=1S/C16H14Cl2N2O3/c1-10(23-14-7-5-12(17)6-8-14)15(21)19-20-16(22)11-3-2-4-13(18)9-11/h2-10H,1H3,(H,19,21)(H,20,22)/t10-/m1/s1. The molecule has 2 N–H and O–H groups in total. The molecule has 0 saturated heterocycles. The highest BCUT2D eigenvalue weighted by atomic mass is 35.5. The lowest BCUT2D eigenvalue weighted by molar-refractivity contribution is -0.128. The topological polar surface area (TPSA) is 67.4 Å². The maximum atomic E-state index is 11.9. The third-order valence-electron chi connectivity index (χ3n) is 2.88. The van der Waals surface area contributed by atoms with Crippen LogP contribution in [0.2, 0.25) is 10.0 Å². The van der Waals surface area contributed by atoms with E-state index in [2.05, 4.69) is 10.9 Å². The summed E-state index contributed by atoms with van der Waals surface area (Å²) in [6, 6.07) is 13.0. The van der Waals surface area contributed by atoms with E-state index in [0.29, 0.717) is 21.4 Å². The lowest BCUT2D eigenvalue weighted by Gasteiger charge is -2.15. The summed E-state index contributed by atoms with van der Waals surface area (Å²) >= 11 is 11.6. The van der Waals surface area contributed by atoms with Gasteiger partial charge < -0.3 is 4.74 Å². The van der Waals surface area contributed by atoms with E-state index in [1.807, 2.05) is 0 Å². The summed E-state index contributed by atoms with van der Waals surface area (Å²) < 4.78 is 5.45. The van der Waals surface area contributed by atoms with Crippen LogP contribution in [0.15, 0.2) is 48.5 Å². The second kappa shape index (κ2) is 7.85. The molecule has 0 bridgehead atoms. The van der Waals surface area contributed by atoms with Crippen molar-refractivity contribution in [3.8, 4) is 5.75 Å². The molecule has 1 atom stereocenters. The zero-order valence-corrected chi connectivity index (χ0v) is 13.7. The maximum Gasteiger partial charge on any atom is 0.279 e. The molecule has 0 spiro atoms. The van der Waals surface area contributed by atoms with E-state index in [4.69, 9.17) is 27.9 Å². The summed E-state index contributed by atoms with van der Waals surface area (Å²) in [6.45, 7) is 1.56. The van der Waals surface area contributed by atoms with Gasteiger partial charge in [0.15, 0.2) is 6.10 Å². The molecule has 0 aliphatic carbocycles. The summed E-state index contributed by atoms with van der Waals surface area (Å²) in [5.74, 6) is -0.465. The minimum absolute atomic E-state index is 0.337. The zero-order chi connectivity index (χ0) is 16.8. The third kappa shape index (κ3) is 5.16. The molecule has 2 rings (SSSR count). The van der Waals surface area contributed by atoms with Crippen LogP contribution < -0.4 is 15.6 Å². The van der Waals surface area contributed by atoms with Gasteiger partial charge in [0, 0.05) is 15.6 Å². The molecule has 23 heavy (non-hydrogen) atoms. The molecule has 7 heteroatoms. The van der Waals surface area contributed by atoms with Crippen molar-refractivity contribution in [3.05, 3.63) is 64.1 Å². The first-order chi connectivity index (χ1) is 11.0. The molecule has 0 heterocycles. The summed E-state index contributed by atoms with van der Waals surface area (Å²) in [7, 11) is 0. The van der Waals surface area contributed by atoms with E-state index >= 15 is 0 Å². The Hall–Kier alpha value is -2.24. The van der Waals surface area contributed by atoms with E-state index in [0.717, 1.165) is 0 Å². The predicted molar refractivity (Wildman–Crippen MR) is 88.6 cm³/mol. The fraction of sp³-hybridized carbons (Fsp3) is 0.125. The van der Waals surface area contributed by atoms with Gasteiger partial charge in [0.1, 0.15) is 5.75 Å². The van der Waals surface area contributed by atoms with E-state index < -0.39 is 17.9 Å². The van der Waals surface area contributed by atoms with Gasteiger partial charge in [-0.2, -0.15) is 0 Å². The number of benzene rings is 2. The molecule has 0 aliphatic heterocycles. The van der Waals surface area contributed by atoms with Crippen LogP contribution in [0.5, 0.6) is 5.75 Å². The van der Waals surface area contributed by atoms with Crippen molar-refractivity contribution in [2.45, 2.75) is 13.0 Å². The minimum atomic E-state index is -0.796. The van der Waals surface area contributed by atoms with Crippen molar-refractivity contribution in [2.75, 3.05) is 0 Å². The highest BCUT2D eigenvalue weighted by Gasteiger charge is 2.16. The van der Waals surface area contributed by atoms with Crippen LogP contribution in [0.1, 0.15) is 17.3 Å². The lowest BCUT2D eigenvalue weighted by Crippen LogP contribution is -2.47. The van der Waals surface area contributed by atoms with Crippen molar-refractivity contribution < 1.29 is 14.3 Å². The fourth-order valence-corrected chi connectivity index (χ4v) is 2.01. The van der Waals surface area contributed by atoms with Crippen molar-refractivity contribution in [2.24, 2.45) is 0 Å². The summed E-state index contributed by atoms with van der Waals surface area (Å²) in [5, 5.41) is 1.01. The van der Waals surface area contributed by atoms with Gasteiger partial charge in [-0.15, -0.1) is 0 Å². The second-order valence-electron chi connectivity index (χ2n) is 4.67. The van der Waals surface area contributed by atoms with Crippen LogP contribution in [0, 0.1) is 0 Å². The van der Waals surface area contributed by atoms with Crippen LogP contribution in [0.4, 0.5) is 0 Å². The van der Waals surface area contributed by atoms with Crippen LogP contribution in [0.3, 0.4) is 0 Å². The summed E-state index contributed by atoms with van der Waals surface area (Å²) in [5.41, 5.74) is 4.94. The van der Waals surface area contributed by atoms with Crippen molar-refractivity contribution in [1.29, 1.82) is 0 Å². The molecule has 5 nitrogen and oxygen atoms in total. The van der Waals surface area contributed by atoms with Gasteiger partial charge in [0.05, 0.1) is 0 Å². The van der Waals surface area contributed by atoms with Gasteiger partial charge in [-0.1, -0.05) is 29.3 Å². The monoisotopic (exact) mass is 352 g/mol. The Morgan fingerprint density at radius 3 is 2.35 bits per heavy atom. The number of amides is 2. The molecule has 2 aromatic rings. The molecular weight excluding hydrogens is 339 g/mol. The fourth-order valence-electron chi connectivity index (χ4n) is 1.69. The number of hydrogen-bond acceptors (Lipinski definition) is 3. The number of ether oxygens (including phenoxy) is 1. The Morgan fingerprint density at radius 2 is 1.70 bits per heavy atom. The average molecular weight is 353 g/mol. The van der Waals surface area contributed by atoms with Gasteiger partial charge in [-0.05, 0) is 49.4 Å². The Kier molecular flexibility index (Phi) is 5.84. The number of rotatable bonds is 4. The molecule has 0 unspecified atom stereocenters. The number of halogens is 2. The van der Waals surface area contributed by atoms with Gasteiger partial charge >= 0.3 is 0 Å². The lowest BCUT2D eigenvalue weighted by atomic mass is 10.2. The van der Waals surface area contributed by atoms with E-state index in [-0.39, 0.29) is 0 Å². The first-order valence-corrected chi connectivity index (χ1v) is 7.49. The number of nitrogens with one attached hydrogen (secondary N) is 2. The predicted octanol–water partition coefficient (Wildman–Crippen LogP) is 3.22.